The Morgan fingerprint density at radius 1 is 1.08 bits per heavy atom. The summed E-state index contributed by atoms with van der Waals surface area (Å²) < 4.78 is 5.45. The summed E-state index contributed by atoms with van der Waals surface area (Å²) in [6.45, 7) is 4.67. The van der Waals surface area contributed by atoms with Crippen molar-refractivity contribution in [3.05, 3.63) is 65.5 Å². The fraction of sp³-hybridized carbons (Fsp3) is 0.250. The van der Waals surface area contributed by atoms with Crippen molar-refractivity contribution in [1.82, 2.24) is 10.1 Å². The van der Waals surface area contributed by atoms with Crippen LogP contribution in [-0.2, 0) is 4.79 Å². The summed E-state index contributed by atoms with van der Waals surface area (Å²) in [7, 11) is 0. The van der Waals surface area contributed by atoms with Crippen LogP contribution in [0.1, 0.15) is 29.4 Å². The molecule has 1 amide bonds. The maximum atomic E-state index is 12.5. The van der Waals surface area contributed by atoms with E-state index in [4.69, 9.17) is 4.52 Å². The van der Waals surface area contributed by atoms with Crippen molar-refractivity contribution in [1.29, 1.82) is 0 Å². The third-order valence-corrected chi connectivity index (χ3v) is 4.81. The molecule has 0 spiro atoms. The molecule has 1 aromatic heterocycles. The third kappa shape index (κ3) is 2.82. The van der Waals surface area contributed by atoms with Crippen LogP contribution in [0.4, 0.5) is 5.69 Å². The second-order valence-corrected chi connectivity index (χ2v) is 6.45. The Balaban J connectivity index is 1.59. The lowest BCUT2D eigenvalue weighted by Gasteiger charge is -2.19. The van der Waals surface area contributed by atoms with E-state index < -0.39 is 0 Å². The van der Waals surface area contributed by atoms with Gasteiger partial charge in [0.05, 0.1) is 5.92 Å². The van der Waals surface area contributed by atoms with Crippen LogP contribution in [0.15, 0.2) is 53.1 Å². The van der Waals surface area contributed by atoms with E-state index in [1.165, 1.54) is 5.56 Å². The van der Waals surface area contributed by atoms with Crippen LogP contribution in [0.5, 0.6) is 0 Å². The van der Waals surface area contributed by atoms with Crippen molar-refractivity contribution < 1.29 is 9.32 Å². The summed E-state index contributed by atoms with van der Waals surface area (Å²) >= 11 is 0. The molecule has 1 atom stereocenters. The molecule has 0 bridgehead atoms. The number of carbonyl (C=O) groups is 1. The summed E-state index contributed by atoms with van der Waals surface area (Å²) in [5, 5.41) is 4.07. The molecule has 0 saturated carbocycles. The van der Waals surface area contributed by atoms with Crippen LogP contribution in [-0.4, -0.2) is 22.6 Å². The monoisotopic (exact) mass is 333 g/mol. The van der Waals surface area contributed by atoms with E-state index in [1.807, 2.05) is 54.3 Å². The number of aryl methyl sites for hydroxylation is 1. The van der Waals surface area contributed by atoms with Gasteiger partial charge < -0.3 is 9.42 Å². The third-order valence-electron chi connectivity index (χ3n) is 4.81. The first-order valence-electron chi connectivity index (χ1n) is 8.39. The highest BCUT2D eigenvalue weighted by Gasteiger charge is 2.35. The van der Waals surface area contributed by atoms with Gasteiger partial charge in [-0.05, 0) is 31.0 Å². The SMILES string of the molecule is Cc1cccc(N2CC(c3nc(-c4ccccc4)no3)CC2=O)c1C. The second kappa shape index (κ2) is 6.16. The van der Waals surface area contributed by atoms with Crippen molar-refractivity contribution in [2.45, 2.75) is 26.2 Å². The van der Waals surface area contributed by atoms with Gasteiger partial charge in [-0.1, -0.05) is 47.6 Å². The molecule has 4 rings (SSSR count). The summed E-state index contributed by atoms with van der Waals surface area (Å²) in [6.07, 6.45) is 0.393. The second-order valence-electron chi connectivity index (χ2n) is 6.45. The summed E-state index contributed by atoms with van der Waals surface area (Å²) in [5.41, 5.74) is 4.19. The van der Waals surface area contributed by atoms with Gasteiger partial charge in [-0.3, -0.25) is 4.79 Å². The number of anilines is 1. The molecule has 1 saturated heterocycles. The van der Waals surface area contributed by atoms with Crippen molar-refractivity contribution in [2.75, 3.05) is 11.4 Å². The molecule has 1 aliphatic rings. The van der Waals surface area contributed by atoms with E-state index in [0.717, 1.165) is 16.8 Å². The van der Waals surface area contributed by atoms with Gasteiger partial charge in [0, 0.05) is 24.2 Å². The van der Waals surface area contributed by atoms with Gasteiger partial charge in [-0.25, -0.2) is 0 Å². The van der Waals surface area contributed by atoms with Gasteiger partial charge in [-0.2, -0.15) is 4.98 Å². The zero-order valence-corrected chi connectivity index (χ0v) is 14.3. The van der Waals surface area contributed by atoms with E-state index in [-0.39, 0.29) is 11.8 Å². The van der Waals surface area contributed by atoms with Crippen LogP contribution in [0.3, 0.4) is 0 Å². The quantitative estimate of drug-likeness (QED) is 0.730. The average Bonchev–Trinajstić information content (AvgIpc) is 3.25. The molecule has 25 heavy (non-hydrogen) atoms. The largest absolute Gasteiger partial charge is 0.339 e. The number of hydrogen-bond donors (Lipinski definition) is 0. The lowest BCUT2D eigenvalue weighted by molar-refractivity contribution is -0.117. The topological polar surface area (TPSA) is 59.2 Å². The molecule has 1 fully saturated rings. The maximum Gasteiger partial charge on any atom is 0.232 e. The van der Waals surface area contributed by atoms with Gasteiger partial charge in [0.2, 0.25) is 17.6 Å². The number of aromatic nitrogens is 2. The summed E-state index contributed by atoms with van der Waals surface area (Å²) in [5.74, 6) is 1.11. The molecule has 0 radical (unpaired) electrons. The predicted molar refractivity (Wildman–Crippen MR) is 95.4 cm³/mol. The number of amides is 1. The van der Waals surface area contributed by atoms with Crippen molar-refractivity contribution in [2.24, 2.45) is 0 Å². The van der Waals surface area contributed by atoms with Crippen LogP contribution in [0, 0.1) is 13.8 Å². The first-order chi connectivity index (χ1) is 12.1. The molecule has 2 heterocycles. The predicted octanol–water partition coefficient (Wildman–Crippen LogP) is 3.87. The van der Waals surface area contributed by atoms with E-state index in [2.05, 4.69) is 23.1 Å². The number of carbonyl (C=O) groups excluding carboxylic acids is 1. The Kier molecular flexibility index (Phi) is 3.84. The van der Waals surface area contributed by atoms with Gasteiger partial charge in [-0.15, -0.1) is 0 Å². The fourth-order valence-electron chi connectivity index (χ4n) is 3.24. The minimum absolute atomic E-state index is 0.0719. The highest BCUT2D eigenvalue weighted by atomic mass is 16.5. The molecule has 126 valence electrons. The average molecular weight is 333 g/mol. The van der Waals surface area contributed by atoms with E-state index in [9.17, 15) is 4.79 Å². The fourth-order valence-corrected chi connectivity index (χ4v) is 3.24. The van der Waals surface area contributed by atoms with E-state index >= 15 is 0 Å². The van der Waals surface area contributed by atoms with E-state index in [0.29, 0.717) is 24.7 Å². The summed E-state index contributed by atoms with van der Waals surface area (Å²) in [6, 6.07) is 15.7. The lowest BCUT2D eigenvalue weighted by atomic mass is 10.1. The van der Waals surface area contributed by atoms with Crippen molar-refractivity contribution in [3.63, 3.8) is 0 Å². The number of rotatable bonds is 3. The standard InChI is InChI=1S/C20H19N3O2/c1-13-7-6-10-17(14(13)2)23-12-16(11-18(23)24)20-21-19(22-25-20)15-8-4-3-5-9-15/h3-10,16H,11-12H2,1-2H3. The molecular weight excluding hydrogens is 314 g/mol. The first-order valence-corrected chi connectivity index (χ1v) is 8.39. The molecule has 3 aromatic rings. The van der Waals surface area contributed by atoms with Crippen LogP contribution >= 0.6 is 0 Å². The normalized spacial score (nSPS) is 17.3. The molecule has 1 unspecified atom stereocenters. The molecule has 5 nitrogen and oxygen atoms in total. The first kappa shape index (κ1) is 15.6. The number of nitrogens with zero attached hydrogens (tertiary/aromatic N) is 3. The molecule has 1 aliphatic heterocycles. The van der Waals surface area contributed by atoms with Crippen molar-refractivity contribution >= 4 is 11.6 Å². The smallest absolute Gasteiger partial charge is 0.232 e. The Hall–Kier alpha value is -2.95. The minimum Gasteiger partial charge on any atom is -0.339 e. The zero-order valence-electron chi connectivity index (χ0n) is 14.3. The van der Waals surface area contributed by atoms with E-state index in [1.54, 1.807) is 0 Å². The Morgan fingerprint density at radius 2 is 1.88 bits per heavy atom. The number of benzene rings is 2. The molecule has 2 aromatic carbocycles. The zero-order chi connectivity index (χ0) is 17.4. The van der Waals surface area contributed by atoms with Gasteiger partial charge in [0.15, 0.2) is 0 Å². The van der Waals surface area contributed by atoms with Crippen LogP contribution in [0.25, 0.3) is 11.4 Å². The van der Waals surface area contributed by atoms with Gasteiger partial charge >= 0.3 is 0 Å². The Labute approximate surface area is 146 Å². The summed E-state index contributed by atoms with van der Waals surface area (Å²) in [4.78, 5) is 18.9. The highest BCUT2D eigenvalue weighted by Crippen LogP contribution is 2.34. The minimum atomic E-state index is -0.0719. The van der Waals surface area contributed by atoms with Crippen molar-refractivity contribution in [3.8, 4) is 11.4 Å². The number of hydrogen-bond acceptors (Lipinski definition) is 4. The van der Waals surface area contributed by atoms with Crippen LogP contribution < -0.4 is 4.90 Å². The Bertz CT molecular complexity index is 918. The highest BCUT2D eigenvalue weighted by molar-refractivity contribution is 5.97. The molecule has 5 heteroatoms. The molecule has 0 N–H and O–H groups in total. The van der Waals surface area contributed by atoms with Gasteiger partial charge in [0.1, 0.15) is 0 Å². The molecule has 0 aliphatic carbocycles. The molecular formula is C20H19N3O2. The Morgan fingerprint density at radius 3 is 2.68 bits per heavy atom. The lowest BCUT2D eigenvalue weighted by Crippen LogP contribution is -2.25. The van der Waals surface area contributed by atoms with Gasteiger partial charge in [0.25, 0.3) is 0 Å². The maximum absolute atomic E-state index is 12.5. The van der Waals surface area contributed by atoms with Crippen LogP contribution in [0.2, 0.25) is 0 Å².